The van der Waals surface area contributed by atoms with Crippen LogP contribution in [0.15, 0.2) is 60.8 Å². The standard InChI is InChI=1S/C44H77O10P/c1-3-5-7-9-11-13-15-17-19-20-22-24-26-28-30-32-34-36-44(48)54-42(40-53-55(49,50)52-38-41(46)37-45)39-51-43(47)35-33-31-29-27-25-23-21-18-16-14-12-10-8-6-4-2/h5,7,11,13,17,19,22,24,28,30,41-42,45-46H,3-4,6,8-10,12,14-16,18,20-21,23,25-27,29,31-40H2,1-2H3,(H,49,50)/b7-5-,13-11-,19-17-,24-22-,30-28-/t41-,42+/m0/s1. The highest BCUT2D eigenvalue weighted by atomic mass is 31.2. The Kier molecular flexibility index (Phi) is 38.2. The molecule has 0 fully saturated rings. The van der Waals surface area contributed by atoms with E-state index in [1.54, 1.807) is 0 Å². The van der Waals surface area contributed by atoms with Gasteiger partial charge in [0.25, 0.3) is 0 Å². The molecular formula is C44H77O10P. The Morgan fingerprint density at radius 3 is 1.49 bits per heavy atom. The van der Waals surface area contributed by atoms with Gasteiger partial charge in [-0.3, -0.25) is 18.6 Å². The van der Waals surface area contributed by atoms with Crippen LogP contribution in [0.25, 0.3) is 0 Å². The third-order valence-electron chi connectivity index (χ3n) is 8.69. The van der Waals surface area contributed by atoms with Gasteiger partial charge in [-0.1, -0.05) is 164 Å². The van der Waals surface area contributed by atoms with Crippen LogP contribution in [0.2, 0.25) is 0 Å². The first-order valence-electron chi connectivity index (χ1n) is 21.2. The van der Waals surface area contributed by atoms with Crippen LogP contribution in [0.4, 0.5) is 0 Å². The van der Waals surface area contributed by atoms with Crippen LogP contribution in [0.1, 0.15) is 168 Å². The van der Waals surface area contributed by atoms with E-state index in [9.17, 15) is 24.2 Å². The fourth-order valence-corrected chi connectivity index (χ4v) is 6.23. The Morgan fingerprint density at radius 2 is 1.00 bits per heavy atom. The number of carbonyl (C=O) groups is 2. The zero-order chi connectivity index (χ0) is 40.5. The molecule has 318 valence electrons. The second-order valence-electron chi connectivity index (χ2n) is 14.0. The molecule has 0 aromatic rings. The molecule has 0 aliphatic heterocycles. The Hall–Kier alpha value is -2.33. The lowest BCUT2D eigenvalue weighted by molar-refractivity contribution is -0.161. The van der Waals surface area contributed by atoms with Crippen LogP contribution in [0, 0.1) is 0 Å². The predicted molar refractivity (Wildman–Crippen MR) is 224 cm³/mol. The van der Waals surface area contributed by atoms with Gasteiger partial charge in [0.2, 0.25) is 0 Å². The summed E-state index contributed by atoms with van der Waals surface area (Å²) in [5, 5.41) is 18.3. The highest BCUT2D eigenvalue weighted by molar-refractivity contribution is 7.47. The molecule has 0 spiro atoms. The Morgan fingerprint density at radius 1 is 0.564 bits per heavy atom. The van der Waals surface area contributed by atoms with Crippen LogP contribution in [-0.2, 0) is 32.7 Å². The summed E-state index contributed by atoms with van der Waals surface area (Å²) in [7, 11) is -4.63. The van der Waals surface area contributed by atoms with Crippen LogP contribution in [-0.4, -0.2) is 65.7 Å². The van der Waals surface area contributed by atoms with Crippen LogP contribution in [0.3, 0.4) is 0 Å². The van der Waals surface area contributed by atoms with Gasteiger partial charge in [0, 0.05) is 12.8 Å². The molecule has 0 aromatic carbocycles. The van der Waals surface area contributed by atoms with Crippen molar-refractivity contribution in [3.8, 4) is 0 Å². The molecule has 0 aliphatic rings. The van der Waals surface area contributed by atoms with Gasteiger partial charge in [-0.2, -0.15) is 0 Å². The lowest BCUT2D eigenvalue weighted by Crippen LogP contribution is -2.29. The first kappa shape index (κ1) is 52.7. The lowest BCUT2D eigenvalue weighted by atomic mass is 10.0. The van der Waals surface area contributed by atoms with E-state index in [0.29, 0.717) is 19.3 Å². The molecule has 0 aliphatic carbocycles. The van der Waals surface area contributed by atoms with E-state index in [-0.39, 0.29) is 19.4 Å². The average Bonchev–Trinajstić information content (AvgIpc) is 3.17. The summed E-state index contributed by atoms with van der Waals surface area (Å²) in [6, 6.07) is 0. The molecular weight excluding hydrogens is 719 g/mol. The first-order chi connectivity index (χ1) is 26.7. The number of ether oxygens (including phenoxy) is 2. The van der Waals surface area contributed by atoms with Crippen molar-refractivity contribution in [1.29, 1.82) is 0 Å². The fraction of sp³-hybridized carbons (Fsp3) is 0.727. The molecule has 1 unspecified atom stereocenters. The summed E-state index contributed by atoms with van der Waals surface area (Å²) in [6.45, 7) is 2.20. The number of esters is 2. The number of phosphoric acid groups is 1. The van der Waals surface area contributed by atoms with Crippen molar-refractivity contribution in [2.24, 2.45) is 0 Å². The van der Waals surface area contributed by atoms with Crippen molar-refractivity contribution >= 4 is 19.8 Å². The summed E-state index contributed by atoms with van der Waals surface area (Å²) in [5.74, 6) is -0.993. The predicted octanol–water partition coefficient (Wildman–Crippen LogP) is 11.1. The summed E-state index contributed by atoms with van der Waals surface area (Å²) in [4.78, 5) is 34.9. The zero-order valence-corrected chi connectivity index (χ0v) is 35.3. The second kappa shape index (κ2) is 39.9. The number of rotatable bonds is 39. The van der Waals surface area contributed by atoms with Gasteiger partial charge in [0.1, 0.15) is 12.7 Å². The Labute approximate surface area is 334 Å². The molecule has 10 nitrogen and oxygen atoms in total. The number of aliphatic hydroxyl groups excluding tert-OH is 2. The zero-order valence-electron chi connectivity index (χ0n) is 34.4. The Balaban J connectivity index is 4.41. The summed E-state index contributed by atoms with van der Waals surface area (Å²) < 4.78 is 32.6. The number of allylic oxidation sites excluding steroid dienone is 10. The molecule has 0 radical (unpaired) electrons. The topological polar surface area (TPSA) is 149 Å². The van der Waals surface area contributed by atoms with Gasteiger partial charge >= 0.3 is 19.8 Å². The van der Waals surface area contributed by atoms with Crippen LogP contribution in [0.5, 0.6) is 0 Å². The minimum absolute atomic E-state index is 0.105. The quantitative estimate of drug-likeness (QED) is 0.0237. The molecule has 3 atom stereocenters. The van der Waals surface area contributed by atoms with Crippen molar-refractivity contribution in [2.75, 3.05) is 26.4 Å². The molecule has 0 rings (SSSR count). The van der Waals surface area contributed by atoms with Crippen molar-refractivity contribution in [3.05, 3.63) is 60.8 Å². The Bertz CT molecular complexity index is 1100. The van der Waals surface area contributed by atoms with Gasteiger partial charge in [-0.15, -0.1) is 0 Å². The van der Waals surface area contributed by atoms with E-state index in [0.717, 1.165) is 51.4 Å². The van der Waals surface area contributed by atoms with Gasteiger partial charge in [-0.05, 0) is 51.4 Å². The summed E-state index contributed by atoms with van der Waals surface area (Å²) in [5.41, 5.74) is 0. The highest BCUT2D eigenvalue weighted by Crippen LogP contribution is 2.43. The smallest absolute Gasteiger partial charge is 0.462 e. The number of hydrogen-bond donors (Lipinski definition) is 3. The van der Waals surface area contributed by atoms with E-state index in [1.165, 1.54) is 70.6 Å². The molecule has 0 aromatic heterocycles. The second-order valence-corrected chi connectivity index (χ2v) is 15.4. The van der Waals surface area contributed by atoms with Crippen molar-refractivity contribution in [2.45, 2.75) is 180 Å². The maximum atomic E-state index is 12.6. The van der Waals surface area contributed by atoms with E-state index in [4.69, 9.17) is 19.1 Å². The normalized spacial score (nSPS) is 14.5. The first-order valence-corrected chi connectivity index (χ1v) is 22.7. The van der Waals surface area contributed by atoms with E-state index < -0.39 is 51.8 Å². The lowest BCUT2D eigenvalue weighted by Gasteiger charge is -2.20. The van der Waals surface area contributed by atoms with Gasteiger partial charge in [0.05, 0.1) is 19.8 Å². The van der Waals surface area contributed by atoms with E-state index in [2.05, 4.69) is 67.0 Å². The molecule has 0 saturated carbocycles. The van der Waals surface area contributed by atoms with E-state index in [1.807, 2.05) is 12.2 Å². The maximum Gasteiger partial charge on any atom is 0.472 e. The fourth-order valence-electron chi connectivity index (χ4n) is 5.44. The van der Waals surface area contributed by atoms with Crippen molar-refractivity contribution in [3.63, 3.8) is 0 Å². The monoisotopic (exact) mass is 797 g/mol. The number of carbonyl (C=O) groups excluding carboxylic acids is 2. The minimum Gasteiger partial charge on any atom is -0.462 e. The van der Waals surface area contributed by atoms with E-state index >= 15 is 0 Å². The molecule has 0 amide bonds. The number of hydrogen-bond acceptors (Lipinski definition) is 9. The summed E-state index contributed by atoms with van der Waals surface area (Å²) in [6.07, 6.45) is 43.4. The third-order valence-corrected chi connectivity index (χ3v) is 9.64. The minimum atomic E-state index is -4.63. The van der Waals surface area contributed by atoms with Crippen molar-refractivity contribution in [1.82, 2.24) is 0 Å². The number of aliphatic hydroxyl groups is 2. The largest absolute Gasteiger partial charge is 0.472 e. The number of phosphoric ester groups is 1. The molecule has 3 N–H and O–H groups in total. The molecule has 0 heterocycles. The summed E-state index contributed by atoms with van der Waals surface area (Å²) >= 11 is 0. The van der Waals surface area contributed by atoms with Crippen LogP contribution >= 0.6 is 7.82 Å². The maximum absolute atomic E-state index is 12.6. The molecule has 11 heteroatoms. The van der Waals surface area contributed by atoms with Crippen LogP contribution < -0.4 is 0 Å². The molecule has 0 bridgehead atoms. The SMILES string of the molecule is CC/C=C\C/C=C\C/C=C\C/C=C\C/C=C\CCCC(=O)O[C@H](COC(=O)CCCCCCCCCCCCCCCCC)COP(=O)(O)OC[C@@H](O)CO. The third kappa shape index (κ3) is 39.7. The van der Waals surface area contributed by atoms with Gasteiger partial charge in [0.15, 0.2) is 6.10 Å². The van der Waals surface area contributed by atoms with Gasteiger partial charge < -0.3 is 24.6 Å². The average molecular weight is 797 g/mol. The van der Waals surface area contributed by atoms with Crippen molar-refractivity contribution < 1.29 is 47.8 Å². The molecule has 55 heavy (non-hydrogen) atoms. The highest BCUT2D eigenvalue weighted by Gasteiger charge is 2.27. The van der Waals surface area contributed by atoms with Gasteiger partial charge in [-0.25, -0.2) is 4.57 Å². The number of unbranched alkanes of at least 4 members (excludes halogenated alkanes) is 15. The molecule has 0 saturated heterocycles.